The molecular weight excluding hydrogens is 272 g/mol. The predicted octanol–water partition coefficient (Wildman–Crippen LogP) is 2.11. The minimum atomic E-state index is -0.335. The van der Waals surface area contributed by atoms with Crippen molar-refractivity contribution in [3.8, 4) is 5.75 Å². The molecule has 0 atom stereocenters. The standard InChI is InChI=1S/C15H20N2O4/c1-20-13-6-4-3-5-12(13)16-14(18)11-7-9-17(10-8-11)15(19)21-2/h3-6,11H,7-10H2,1-2H3,(H,16,18). The quantitative estimate of drug-likeness (QED) is 0.926. The Morgan fingerprint density at radius 2 is 1.86 bits per heavy atom. The fourth-order valence-corrected chi connectivity index (χ4v) is 2.44. The number of nitrogens with one attached hydrogen (secondary N) is 1. The summed E-state index contributed by atoms with van der Waals surface area (Å²) in [5.41, 5.74) is 0.667. The molecule has 0 saturated carbocycles. The molecule has 1 aromatic rings. The molecule has 21 heavy (non-hydrogen) atoms. The van der Waals surface area contributed by atoms with Gasteiger partial charge in [0.05, 0.1) is 19.9 Å². The number of nitrogens with zero attached hydrogens (tertiary/aromatic N) is 1. The first-order valence-electron chi connectivity index (χ1n) is 6.92. The van der Waals surface area contributed by atoms with Crippen molar-refractivity contribution in [2.24, 2.45) is 5.92 Å². The molecule has 0 bridgehead atoms. The molecule has 1 N–H and O–H groups in total. The fraction of sp³-hybridized carbons (Fsp3) is 0.467. The zero-order valence-corrected chi connectivity index (χ0v) is 12.3. The summed E-state index contributed by atoms with van der Waals surface area (Å²) in [4.78, 5) is 25.3. The van der Waals surface area contributed by atoms with Gasteiger partial charge in [0.15, 0.2) is 0 Å². The molecule has 6 nitrogen and oxygen atoms in total. The normalized spacial score (nSPS) is 15.4. The molecule has 0 radical (unpaired) electrons. The van der Waals surface area contributed by atoms with Gasteiger partial charge in [0.1, 0.15) is 5.75 Å². The Kier molecular flexibility index (Phi) is 5.03. The Hall–Kier alpha value is -2.24. The first kappa shape index (κ1) is 15.2. The van der Waals surface area contributed by atoms with Crippen molar-refractivity contribution in [1.82, 2.24) is 4.90 Å². The number of hydrogen-bond acceptors (Lipinski definition) is 4. The van der Waals surface area contributed by atoms with Crippen LogP contribution in [0, 0.1) is 5.92 Å². The van der Waals surface area contributed by atoms with Crippen LogP contribution in [0.25, 0.3) is 0 Å². The van der Waals surface area contributed by atoms with Crippen molar-refractivity contribution in [2.45, 2.75) is 12.8 Å². The fourth-order valence-electron chi connectivity index (χ4n) is 2.44. The van der Waals surface area contributed by atoms with E-state index in [0.29, 0.717) is 37.4 Å². The van der Waals surface area contributed by atoms with Gasteiger partial charge in [-0.25, -0.2) is 4.79 Å². The second kappa shape index (κ2) is 6.97. The van der Waals surface area contributed by atoms with E-state index in [2.05, 4.69) is 10.1 Å². The molecule has 2 rings (SSSR count). The van der Waals surface area contributed by atoms with E-state index in [0.717, 1.165) is 0 Å². The Morgan fingerprint density at radius 1 is 1.19 bits per heavy atom. The molecule has 0 unspecified atom stereocenters. The maximum absolute atomic E-state index is 12.3. The van der Waals surface area contributed by atoms with E-state index in [4.69, 9.17) is 4.74 Å². The Morgan fingerprint density at radius 3 is 2.48 bits per heavy atom. The molecule has 1 saturated heterocycles. The molecular formula is C15H20N2O4. The number of ether oxygens (including phenoxy) is 2. The van der Waals surface area contributed by atoms with E-state index in [1.807, 2.05) is 12.1 Å². The third kappa shape index (κ3) is 3.65. The number of para-hydroxylation sites is 2. The molecule has 1 fully saturated rings. The highest BCUT2D eigenvalue weighted by atomic mass is 16.5. The van der Waals surface area contributed by atoms with Crippen LogP contribution >= 0.6 is 0 Å². The Labute approximate surface area is 124 Å². The third-order valence-electron chi connectivity index (χ3n) is 3.66. The SMILES string of the molecule is COC(=O)N1CCC(C(=O)Nc2ccccc2OC)CC1. The highest BCUT2D eigenvalue weighted by molar-refractivity contribution is 5.94. The molecule has 1 aliphatic heterocycles. The molecule has 1 aliphatic rings. The average molecular weight is 292 g/mol. The van der Waals surface area contributed by atoms with Crippen molar-refractivity contribution >= 4 is 17.7 Å². The number of amides is 2. The molecule has 1 aromatic carbocycles. The summed E-state index contributed by atoms with van der Waals surface area (Å²) in [6.07, 6.45) is 0.935. The summed E-state index contributed by atoms with van der Waals surface area (Å²) in [5, 5.41) is 2.89. The zero-order valence-electron chi connectivity index (χ0n) is 12.3. The van der Waals surface area contributed by atoms with Crippen molar-refractivity contribution in [2.75, 3.05) is 32.6 Å². The molecule has 0 aliphatic carbocycles. The summed E-state index contributed by atoms with van der Waals surface area (Å²) in [6.45, 7) is 1.08. The number of carbonyl (C=O) groups is 2. The Bertz CT molecular complexity index is 510. The maximum atomic E-state index is 12.3. The lowest BCUT2D eigenvalue weighted by Crippen LogP contribution is -2.41. The van der Waals surface area contributed by atoms with E-state index in [-0.39, 0.29) is 17.9 Å². The third-order valence-corrected chi connectivity index (χ3v) is 3.66. The van der Waals surface area contributed by atoms with Gasteiger partial charge in [0, 0.05) is 19.0 Å². The van der Waals surface area contributed by atoms with Gasteiger partial charge in [-0.1, -0.05) is 12.1 Å². The number of likely N-dealkylation sites (tertiary alicyclic amines) is 1. The van der Waals surface area contributed by atoms with E-state index in [9.17, 15) is 9.59 Å². The lowest BCUT2D eigenvalue weighted by molar-refractivity contribution is -0.121. The van der Waals surface area contributed by atoms with E-state index in [1.54, 1.807) is 24.1 Å². The minimum absolute atomic E-state index is 0.0379. The molecule has 1 heterocycles. The minimum Gasteiger partial charge on any atom is -0.495 e. The number of rotatable bonds is 3. The van der Waals surface area contributed by atoms with Gasteiger partial charge in [0.2, 0.25) is 5.91 Å². The predicted molar refractivity (Wildman–Crippen MR) is 78.3 cm³/mol. The zero-order chi connectivity index (χ0) is 15.2. The van der Waals surface area contributed by atoms with Crippen LogP contribution in [-0.4, -0.2) is 44.2 Å². The second-order valence-electron chi connectivity index (χ2n) is 4.92. The maximum Gasteiger partial charge on any atom is 0.409 e. The molecule has 114 valence electrons. The van der Waals surface area contributed by atoms with Gasteiger partial charge >= 0.3 is 6.09 Å². The summed E-state index contributed by atoms with van der Waals surface area (Å²) < 4.78 is 9.89. The lowest BCUT2D eigenvalue weighted by Gasteiger charge is -2.30. The van der Waals surface area contributed by atoms with Crippen molar-refractivity contribution < 1.29 is 19.1 Å². The van der Waals surface area contributed by atoms with Gasteiger partial charge in [0.25, 0.3) is 0 Å². The Balaban J connectivity index is 1.92. The summed E-state index contributed by atoms with van der Waals surface area (Å²) in [6, 6.07) is 7.30. The van der Waals surface area contributed by atoms with Gasteiger partial charge in [-0.05, 0) is 25.0 Å². The molecule has 0 spiro atoms. The van der Waals surface area contributed by atoms with Crippen molar-refractivity contribution in [3.05, 3.63) is 24.3 Å². The first-order chi connectivity index (χ1) is 10.2. The topological polar surface area (TPSA) is 67.9 Å². The van der Waals surface area contributed by atoms with Crippen LogP contribution in [-0.2, 0) is 9.53 Å². The van der Waals surface area contributed by atoms with Gasteiger partial charge < -0.3 is 19.7 Å². The van der Waals surface area contributed by atoms with Crippen LogP contribution in [0.1, 0.15) is 12.8 Å². The van der Waals surface area contributed by atoms with E-state index >= 15 is 0 Å². The lowest BCUT2D eigenvalue weighted by atomic mass is 9.96. The van der Waals surface area contributed by atoms with Gasteiger partial charge in [-0.3, -0.25) is 4.79 Å². The highest BCUT2D eigenvalue weighted by Crippen LogP contribution is 2.25. The molecule has 0 aromatic heterocycles. The number of piperidine rings is 1. The van der Waals surface area contributed by atoms with Crippen LogP contribution < -0.4 is 10.1 Å². The van der Waals surface area contributed by atoms with Crippen LogP contribution in [0.3, 0.4) is 0 Å². The summed E-state index contributed by atoms with van der Waals surface area (Å²) >= 11 is 0. The smallest absolute Gasteiger partial charge is 0.409 e. The summed E-state index contributed by atoms with van der Waals surface area (Å²) in [5.74, 6) is 0.498. The highest BCUT2D eigenvalue weighted by Gasteiger charge is 2.28. The van der Waals surface area contributed by atoms with E-state index in [1.165, 1.54) is 7.11 Å². The number of anilines is 1. The summed E-state index contributed by atoms with van der Waals surface area (Å²) in [7, 11) is 2.93. The number of methoxy groups -OCH3 is 2. The monoisotopic (exact) mass is 292 g/mol. The largest absolute Gasteiger partial charge is 0.495 e. The van der Waals surface area contributed by atoms with Gasteiger partial charge in [-0.15, -0.1) is 0 Å². The number of hydrogen-bond donors (Lipinski definition) is 1. The molecule has 6 heteroatoms. The van der Waals surface area contributed by atoms with Crippen LogP contribution in [0.4, 0.5) is 10.5 Å². The van der Waals surface area contributed by atoms with Crippen LogP contribution in [0.15, 0.2) is 24.3 Å². The van der Waals surface area contributed by atoms with Crippen LogP contribution in [0.2, 0.25) is 0 Å². The van der Waals surface area contributed by atoms with E-state index < -0.39 is 0 Å². The average Bonchev–Trinajstić information content (AvgIpc) is 2.54. The second-order valence-corrected chi connectivity index (χ2v) is 4.92. The van der Waals surface area contributed by atoms with Crippen molar-refractivity contribution in [1.29, 1.82) is 0 Å². The van der Waals surface area contributed by atoms with Gasteiger partial charge in [-0.2, -0.15) is 0 Å². The van der Waals surface area contributed by atoms with Crippen molar-refractivity contribution in [3.63, 3.8) is 0 Å². The van der Waals surface area contributed by atoms with Crippen LogP contribution in [0.5, 0.6) is 5.75 Å². The number of benzene rings is 1. The molecule has 2 amide bonds. The first-order valence-corrected chi connectivity index (χ1v) is 6.92. The number of carbonyl (C=O) groups excluding carboxylic acids is 2.